The molecule has 16 heavy (non-hydrogen) atoms. The zero-order chi connectivity index (χ0) is 12.0. The minimum Gasteiger partial charge on any atom is -0.496 e. The van der Waals surface area contributed by atoms with Crippen molar-refractivity contribution in [3.8, 4) is 5.75 Å². The molecule has 1 rings (SSSR count). The summed E-state index contributed by atoms with van der Waals surface area (Å²) in [6.45, 7) is 3.17. The minimum atomic E-state index is 0.539. The maximum Gasteiger partial charge on any atom is 0.132 e. The summed E-state index contributed by atoms with van der Waals surface area (Å²) in [5.74, 6) is 0.893. The lowest BCUT2D eigenvalue weighted by Crippen LogP contribution is -2.20. The number of rotatable bonds is 6. The number of nitrogens with one attached hydrogen (secondary N) is 1. The Labute approximate surface area is 107 Å². The topological polar surface area (TPSA) is 21.3 Å². The van der Waals surface area contributed by atoms with Gasteiger partial charge >= 0.3 is 0 Å². The third-order valence-electron chi connectivity index (χ3n) is 2.31. The Hall–Kier alpha value is -0.380. The first-order valence-corrected chi connectivity index (χ1v) is 6.61. The average molecular weight is 260 g/mol. The van der Waals surface area contributed by atoms with E-state index in [1.54, 1.807) is 18.9 Å². The Bertz CT molecular complexity index is 333. The summed E-state index contributed by atoms with van der Waals surface area (Å²) in [6.07, 6.45) is 1.11. The number of hydrogen-bond donors (Lipinski definition) is 1. The van der Waals surface area contributed by atoms with Gasteiger partial charge in [-0.1, -0.05) is 18.5 Å². The van der Waals surface area contributed by atoms with Crippen LogP contribution in [0.5, 0.6) is 5.75 Å². The van der Waals surface area contributed by atoms with Crippen molar-refractivity contribution in [2.45, 2.75) is 23.5 Å². The molecular formula is C12H18ClNOS. The van der Waals surface area contributed by atoms with Crippen LogP contribution in [0.15, 0.2) is 23.1 Å². The first-order chi connectivity index (χ1) is 7.71. The third-order valence-corrected chi connectivity index (χ3v) is 3.95. The van der Waals surface area contributed by atoms with Gasteiger partial charge in [0, 0.05) is 16.8 Å². The molecule has 1 atom stereocenters. The first-order valence-electron chi connectivity index (χ1n) is 5.36. The van der Waals surface area contributed by atoms with E-state index < -0.39 is 0 Å². The standard InChI is InChI=1S/C12H18ClNOS/c1-4-10(8-14-2)16-12-7-9(13)5-6-11(12)15-3/h5-7,10,14H,4,8H2,1-3H3. The number of halogens is 1. The fourth-order valence-electron chi connectivity index (χ4n) is 1.42. The fraction of sp³-hybridized carbons (Fsp3) is 0.500. The fourth-order valence-corrected chi connectivity index (χ4v) is 2.89. The van der Waals surface area contributed by atoms with Crippen LogP contribution in [0, 0.1) is 0 Å². The SMILES string of the molecule is CCC(CNC)Sc1cc(Cl)ccc1OC. The molecule has 1 aromatic carbocycles. The molecule has 0 heterocycles. The zero-order valence-corrected chi connectivity index (χ0v) is 11.5. The van der Waals surface area contributed by atoms with Gasteiger partial charge in [-0.2, -0.15) is 0 Å². The van der Waals surface area contributed by atoms with Gasteiger partial charge in [0.15, 0.2) is 0 Å². The van der Waals surface area contributed by atoms with Crippen LogP contribution in [0.25, 0.3) is 0 Å². The van der Waals surface area contributed by atoms with Crippen LogP contribution in [-0.2, 0) is 0 Å². The predicted octanol–water partition coefficient (Wildman–Crippen LogP) is 3.44. The van der Waals surface area contributed by atoms with E-state index in [4.69, 9.17) is 16.3 Å². The Morgan fingerprint density at radius 1 is 1.50 bits per heavy atom. The molecule has 0 fully saturated rings. The Balaban J connectivity index is 2.80. The van der Waals surface area contributed by atoms with Crippen molar-refractivity contribution in [1.82, 2.24) is 5.32 Å². The highest BCUT2D eigenvalue weighted by Crippen LogP contribution is 2.35. The highest BCUT2D eigenvalue weighted by atomic mass is 35.5. The Morgan fingerprint density at radius 2 is 2.25 bits per heavy atom. The van der Waals surface area contributed by atoms with Gasteiger partial charge in [0.1, 0.15) is 5.75 Å². The van der Waals surface area contributed by atoms with E-state index >= 15 is 0 Å². The second-order valence-corrected chi connectivity index (χ2v) is 5.28. The quantitative estimate of drug-likeness (QED) is 0.791. The molecular weight excluding hydrogens is 242 g/mol. The van der Waals surface area contributed by atoms with E-state index in [0.29, 0.717) is 5.25 Å². The minimum absolute atomic E-state index is 0.539. The van der Waals surface area contributed by atoms with Crippen LogP contribution in [0.4, 0.5) is 0 Å². The molecule has 0 bridgehead atoms. The summed E-state index contributed by atoms with van der Waals surface area (Å²) < 4.78 is 5.32. The molecule has 0 aliphatic rings. The van der Waals surface area contributed by atoms with Gasteiger partial charge in [0.2, 0.25) is 0 Å². The van der Waals surface area contributed by atoms with Gasteiger partial charge in [-0.25, -0.2) is 0 Å². The van der Waals surface area contributed by atoms with E-state index in [0.717, 1.165) is 28.6 Å². The molecule has 0 aliphatic carbocycles. The number of methoxy groups -OCH3 is 1. The molecule has 0 aromatic heterocycles. The summed E-state index contributed by atoms with van der Waals surface area (Å²) in [5, 5.41) is 4.49. The molecule has 1 N–H and O–H groups in total. The van der Waals surface area contributed by atoms with Crippen molar-refractivity contribution < 1.29 is 4.74 Å². The van der Waals surface area contributed by atoms with Crippen molar-refractivity contribution in [2.75, 3.05) is 20.7 Å². The molecule has 4 heteroatoms. The Kier molecular flexibility index (Phi) is 6.03. The van der Waals surface area contributed by atoms with E-state index in [1.165, 1.54) is 0 Å². The monoisotopic (exact) mass is 259 g/mol. The lowest BCUT2D eigenvalue weighted by Gasteiger charge is -2.16. The maximum atomic E-state index is 5.99. The third kappa shape index (κ3) is 3.89. The van der Waals surface area contributed by atoms with Crippen molar-refractivity contribution >= 4 is 23.4 Å². The molecule has 90 valence electrons. The summed E-state index contributed by atoms with van der Waals surface area (Å²) in [4.78, 5) is 1.11. The first kappa shape index (κ1) is 13.7. The molecule has 0 radical (unpaired) electrons. The van der Waals surface area contributed by atoms with Crippen LogP contribution in [-0.4, -0.2) is 26.0 Å². The largest absolute Gasteiger partial charge is 0.496 e. The number of ether oxygens (including phenoxy) is 1. The van der Waals surface area contributed by atoms with Crippen LogP contribution < -0.4 is 10.1 Å². The summed E-state index contributed by atoms with van der Waals surface area (Å²) in [6, 6.07) is 5.73. The molecule has 1 unspecified atom stereocenters. The highest BCUT2D eigenvalue weighted by Gasteiger charge is 2.11. The van der Waals surface area contributed by atoms with Gasteiger partial charge in [-0.05, 0) is 31.7 Å². The van der Waals surface area contributed by atoms with Crippen LogP contribution >= 0.6 is 23.4 Å². The lowest BCUT2D eigenvalue weighted by atomic mass is 10.3. The second kappa shape index (κ2) is 7.05. The second-order valence-electron chi connectivity index (χ2n) is 3.50. The van der Waals surface area contributed by atoms with Crippen molar-refractivity contribution in [1.29, 1.82) is 0 Å². The summed E-state index contributed by atoms with van der Waals surface area (Å²) in [7, 11) is 3.66. The van der Waals surface area contributed by atoms with Gasteiger partial charge in [0.05, 0.1) is 12.0 Å². The zero-order valence-electron chi connectivity index (χ0n) is 9.92. The molecule has 0 saturated carbocycles. The van der Waals surface area contributed by atoms with Crippen LogP contribution in [0.1, 0.15) is 13.3 Å². The highest BCUT2D eigenvalue weighted by molar-refractivity contribution is 8.00. The van der Waals surface area contributed by atoms with Crippen LogP contribution in [0.3, 0.4) is 0 Å². The normalized spacial score (nSPS) is 12.5. The molecule has 1 aromatic rings. The van der Waals surface area contributed by atoms with Gasteiger partial charge < -0.3 is 10.1 Å². The van der Waals surface area contributed by atoms with Crippen molar-refractivity contribution in [3.05, 3.63) is 23.2 Å². The maximum absolute atomic E-state index is 5.99. The van der Waals surface area contributed by atoms with Gasteiger partial charge in [-0.3, -0.25) is 0 Å². The lowest BCUT2D eigenvalue weighted by molar-refractivity contribution is 0.404. The van der Waals surface area contributed by atoms with Crippen LogP contribution in [0.2, 0.25) is 5.02 Å². The predicted molar refractivity (Wildman–Crippen MR) is 71.9 cm³/mol. The van der Waals surface area contributed by atoms with E-state index in [1.807, 2.05) is 25.2 Å². The summed E-state index contributed by atoms with van der Waals surface area (Å²) >= 11 is 7.80. The molecule has 0 saturated heterocycles. The average Bonchev–Trinajstić information content (AvgIpc) is 2.29. The van der Waals surface area contributed by atoms with Gasteiger partial charge in [0.25, 0.3) is 0 Å². The van der Waals surface area contributed by atoms with Gasteiger partial charge in [-0.15, -0.1) is 11.8 Å². The smallest absolute Gasteiger partial charge is 0.132 e. The van der Waals surface area contributed by atoms with E-state index in [-0.39, 0.29) is 0 Å². The molecule has 0 spiro atoms. The van der Waals surface area contributed by atoms with E-state index in [2.05, 4.69) is 12.2 Å². The summed E-state index contributed by atoms with van der Waals surface area (Å²) in [5.41, 5.74) is 0. The molecule has 0 amide bonds. The van der Waals surface area contributed by atoms with Crippen molar-refractivity contribution in [3.63, 3.8) is 0 Å². The number of benzene rings is 1. The van der Waals surface area contributed by atoms with Crippen molar-refractivity contribution in [2.24, 2.45) is 0 Å². The Morgan fingerprint density at radius 3 is 2.81 bits per heavy atom. The number of hydrogen-bond acceptors (Lipinski definition) is 3. The molecule has 2 nitrogen and oxygen atoms in total. The van der Waals surface area contributed by atoms with E-state index in [9.17, 15) is 0 Å². The number of thioether (sulfide) groups is 1. The molecule has 0 aliphatic heterocycles.